The monoisotopic (exact) mass is 345 g/mol. The topological polar surface area (TPSA) is 55.4 Å². The van der Waals surface area contributed by atoms with E-state index in [9.17, 15) is 8.42 Å². The van der Waals surface area contributed by atoms with Crippen LogP contribution in [0.4, 0.5) is 0 Å². The summed E-state index contributed by atoms with van der Waals surface area (Å²) in [5.41, 5.74) is 0.0151. The normalized spacial score (nSPS) is 14.8. The van der Waals surface area contributed by atoms with Gasteiger partial charge in [-0.1, -0.05) is 29.8 Å². The molecule has 114 valence electrons. The zero-order valence-electron chi connectivity index (χ0n) is 11.7. The highest BCUT2D eigenvalue weighted by Gasteiger charge is 2.29. The van der Waals surface area contributed by atoms with Gasteiger partial charge in [-0.05, 0) is 36.1 Å². The maximum Gasteiger partial charge on any atom is 0.250 e. The lowest BCUT2D eigenvalue weighted by molar-refractivity contribution is 0.00700. The molecule has 7 heteroatoms. The van der Waals surface area contributed by atoms with Crippen LogP contribution in [0.15, 0.2) is 46.0 Å². The number of nitrogens with one attached hydrogen (secondary N) is 1. The van der Waals surface area contributed by atoms with Gasteiger partial charge in [-0.2, -0.15) is 0 Å². The molecule has 0 aliphatic rings. The summed E-state index contributed by atoms with van der Waals surface area (Å²) in [6.07, 6.45) is 0. The van der Waals surface area contributed by atoms with Gasteiger partial charge in [0.2, 0.25) is 10.0 Å². The molecule has 4 nitrogen and oxygen atoms in total. The highest BCUT2D eigenvalue weighted by molar-refractivity contribution is 7.91. The average molecular weight is 346 g/mol. The van der Waals surface area contributed by atoms with Crippen molar-refractivity contribution in [1.82, 2.24) is 4.72 Å². The first-order valence-electron chi connectivity index (χ1n) is 6.22. The van der Waals surface area contributed by atoms with Gasteiger partial charge in [-0.3, -0.25) is 0 Å². The molecule has 0 bridgehead atoms. The number of sulfonamides is 1. The molecule has 0 saturated carbocycles. The van der Waals surface area contributed by atoms with Crippen molar-refractivity contribution in [1.29, 1.82) is 0 Å². The molecule has 2 aromatic rings. The molecular formula is C14H16ClNO3S2. The van der Waals surface area contributed by atoms with E-state index in [0.717, 1.165) is 5.56 Å². The molecule has 0 fully saturated rings. The second-order valence-electron chi connectivity index (χ2n) is 4.70. The quantitative estimate of drug-likeness (QED) is 0.874. The largest absolute Gasteiger partial charge is 0.372 e. The highest BCUT2D eigenvalue weighted by Crippen LogP contribution is 2.27. The molecule has 0 aliphatic carbocycles. The van der Waals surface area contributed by atoms with E-state index >= 15 is 0 Å². The van der Waals surface area contributed by atoms with E-state index in [4.69, 9.17) is 16.3 Å². The second-order valence-corrected chi connectivity index (χ2v) is 8.08. The number of benzene rings is 1. The first-order valence-corrected chi connectivity index (χ1v) is 8.96. The lowest BCUT2D eigenvalue weighted by atomic mass is 9.96. The maximum atomic E-state index is 12.2. The van der Waals surface area contributed by atoms with Gasteiger partial charge in [0, 0.05) is 18.7 Å². The second kappa shape index (κ2) is 6.46. The van der Waals surface area contributed by atoms with E-state index in [1.54, 1.807) is 36.8 Å². The highest BCUT2D eigenvalue weighted by atomic mass is 35.5. The van der Waals surface area contributed by atoms with Crippen molar-refractivity contribution in [3.8, 4) is 0 Å². The number of hydrogen-bond donors (Lipinski definition) is 1. The van der Waals surface area contributed by atoms with Crippen LogP contribution in [-0.4, -0.2) is 22.1 Å². The zero-order valence-corrected chi connectivity index (χ0v) is 14.1. The molecule has 1 N–H and O–H groups in total. The minimum atomic E-state index is -3.52. The molecule has 0 unspecified atom stereocenters. The molecule has 1 heterocycles. The third-order valence-electron chi connectivity index (χ3n) is 3.25. The minimum absolute atomic E-state index is 0.115. The molecule has 0 radical (unpaired) electrons. The van der Waals surface area contributed by atoms with Gasteiger partial charge in [0.1, 0.15) is 9.81 Å². The van der Waals surface area contributed by atoms with Crippen LogP contribution in [0.2, 0.25) is 5.02 Å². The number of halogens is 1. The standard InChI is InChI=1S/C14H16ClNO3S2/c1-14(19-2,11-5-3-6-12(15)9-11)10-16-21(17,18)13-7-4-8-20-13/h3-9,16H,10H2,1-2H3/t14-/m1/s1. The Balaban J connectivity index is 2.20. The Labute approximate surface area is 133 Å². The Morgan fingerprint density at radius 2 is 2.10 bits per heavy atom. The van der Waals surface area contributed by atoms with Gasteiger partial charge in [0.25, 0.3) is 0 Å². The van der Waals surface area contributed by atoms with E-state index in [2.05, 4.69) is 4.72 Å². The van der Waals surface area contributed by atoms with E-state index in [0.29, 0.717) is 5.02 Å². The van der Waals surface area contributed by atoms with Crippen LogP contribution in [0.5, 0.6) is 0 Å². The molecule has 21 heavy (non-hydrogen) atoms. The Morgan fingerprint density at radius 3 is 2.67 bits per heavy atom. The lowest BCUT2D eigenvalue weighted by Gasteiger charge is -2.29. The maximum absolute atomic E-state index is 12.2. The van der Waals surface area contributed by atoms with Crippen molar-refractivity contribution >= 4 is 33.0 Å². The van der Waals surface area contributed by atoms with Crippen LogP contribution in [0.25, 0.3) is 0 Å². The molecule has 0 aliphatic heterocycles. The van der Waals surface area contributed by atoms with Crippen LogP contribution in [0.3, 0.4) is 0 Å². The number of ether oxygens (including phenoxy) is 1. The minimum Gasteiger partial charge on any atom is -0.372 e. The third kappa shape index (κ3) is 3.84. The number of hydrogen-bond acceptors (Lipinski definition) is 4. The van der Waals surface area contributed by atoms with E-state index in [1.165, 1.54) is 11.3 Å². The van der Waals surface area contributed by atoms with E-state index < -0.39 is 15.6 Å². The van der Waals surface area contributed by atoms with E-state index in [1.807, 2.05) is 19.1 Å². The average Bonchev–Trinajstić information content (AvgIpc) is 3.00. The van der Waals surface area contributed by atoms with Gasteiger partial charge in [0.05, 0.1) is 0 Å². The number of thiophene rings is 1. The Bertz CT molecular complexity index is 701. The summed E-state index contributed by atoms with van der Waals surface area (Å²) < 4.78 is 32.7. The third-order valence-corrected chi connectivity index (χ3v) is 6.28. The molecular weight excluding hydrogens is 330 g/mol. The Morgan fingerprint density at radius 1 is 1.33 bits per heavy atom. The summed E-state index contributed by atoms with van der Waals surface area (Å²) >= 11 is 7.16. The molecule has 0 spiro atoms. The summed E-state index contributed by atoms with van der Waals surface area (Å²) in [6.45, 7) is 1.93. The van der Waals surface area contributed by atoms with Crippen LogP contribution in [0.1, 0.15) is 12.5 Å². The van der Waals surface area contributed by atoms with Gasteiger partial charge in [-0.25, -0.2) is 13.1 Å². The van der Waals surface area contributed by atoms with Crippen molar-refractivity contribution in [2.24, 2.45) is 0 Å². The van der Waals surface area contributed by atoms with Crippen molar-refractivity contribution in [2.45, 2.75) is 16.7 Å². The Hall–Kier alpha value is -0.920. The fourth-order valence-electron chi connectivity index (χ4n) is 1.83. The van der Waals surface area contributed by atoms with Crippen LogP contribution in [0, 0.1) is 0 Å². The summed E-state index contributed by atoms with van der Waals surface area (Å²) in [5, 5.41) is 2.30. The predicted octanol–water partition coefficient (Wildman–Crippen LogP) is 3.24. The smallest absolute Gasteiger partial charge is 0.250 e. The number of methoxy groups -OCH3 is 1. The zero-order chi connectivity index (χ0) is 15.5. The van der Waals surface area contributed by atoms with Crippen molar-refractivity contribution in [3.63, 3.8) is 0 Å². The predicted molar refractivity (Wildman–Crippen MR) is 85.3 cm³/mol. The van der Waals surface area contributed by atoms with Gasteiger partial charge >= 0.3 is 0 Å². The first-order chi connectivity index (χ1) is 9.87. The fourth-order valence-corrected chi connectivity index (χ4v) is 4.18. The molecule has 0 saturated heterocycles. The SMILES string of the molecule is CO[C@](C)(CNS(=O)(=O)c1cccs1)c1cccc(Cl)c1. The van der Waals surface area contributed by atoms with Crippen LogP contribution in [-0.2, 0) is 20.4 Å². The molecule has 1 atom stereocenters. The fraction of sp³-hybridized carbons (Fsp3) is 0.286. The summed E-state index contributed by atoms with van der Waals surface area (Å²) in [7, 11) is -1.98. The van der Waals surface area contributed by atoms with E-state index in [-0.39, 0.29) is 10.8 Å². The molecule has 1 aromatic carbocycles. The van der Waals surface area contributed by atoms with Crippen molar-refractivity contribution in [2.75, 3.05) is 13.7 Å². The first kappa shape index (κ1) is 16.5. The van der Waals surface area contributed by atoms with Gasteiger partial charge < -0.3 is 4.74 Å². The summed E-state index contributed by atoms with van der Waals surface area (Å²) in [4.78, 5) is 0. The van der Waals surface area contributed by atoms with Crippen LogP contribution >= 0.6 is 22.9 Å². The van der Waals surface area contributed by atoms with Crippen molar-refractivity contribution < 1.29 is 13.2 Å². The summed E-state index contributed by atoms with van der Waals surface area (Å²) in [5.74, 6) is 0. The molecule has 0 amide bonds. The number of rotatable bonds is 6. The van der Waals surface area contributed by atoms with Gasteiger partial charge in [-0.15, -0.1) is 11.3 Å². The molecule has 2 rings (SSSR count). The molecule has 1 aromatic heterocycles. The Kier molecular flexibility index (Phi) is 5.06. The van der Waals surface area contributed by atoms with Gasteiger partial charge in [0.15, 0.2) is 0 Å². The lowest BCUT2D eigenvalue weighted by Crippen LogP contribution is -2.39. The van der Waals surface area contributed by atoms with Crippen molar-refractivity contribution in [3.05, 3.63) is 52.4 Å². The summed E-state index contributed by atoms with van der Waals surface area (Å²) in [6, 6.07) is 10.5. The van der Waals surface area contributed by atoms with Crippen LogP contribution < -0.4 is 4.72 Å².